The van der Waals surface area contributed by atoms with Crippen LogP contribution in [0.25, 0.3) is 0 Å². The molecule has 2 aliphatic rings. The Kier molecular flexibility index (Phi) is 1.75. The lowest BCUT2D eigenvalue weighted by molar-refractivity contribution is 0.0818. The van der Waals surface area contributed by atoms with Gasteiger partial charge in [0.05, 0.1) is 5.56 Å². The molecule has 1 unspecified atom stereocenters. The molecule has 0 bridgehead atoms. The van der Waals surface area contributed by atoms with Crippen molar-refractivity contribution in [2.75, 3.05) is 0 Å². The molecule has 1 aromatic rings. The Morgan fingerprint density at radius 3 is 2.87 bits per heavy atom. The molecule has 1 aromatic carbocycles. The van der Waals surface area contributed by atoms with Crippen molar-refractivity contribution in [1.29, 1.82) is 0 Å². The first-order valence-electron chi connectivity index (χ1n) is 5.27. The Morgan fingerprint density at radius 2 is 2.13 bits per heavy atom. The van der Waals surface area contributed by atoms with Crippen molar-refractivity contribution in [1.82, 2.24) is 0 Å². The van der Waals surface area contributed by atoms with Crippen molar-refractivity contribution >= 4 is 5.78 Å². The highest BCUT2D eigenvalue weighted by Crippen LogP contribution is 2.41. The number of hydrogen-bond donors (Lipinski definition) is 1. The van der Waals surface area contributed by atoms with E-state index in [0.717, 1.165) is 12.8 Å². The molecule has 1 atom stereocenters. The molecular weight excluding hydrogens is 192 g/mol. The van der Waals surface area contributed by atoms with Gasteiger partial charge in [-0.25, -0.2) is 0 Å². The zero-order valence-corrected chi connectivity index (χ0v) is 8.27. The molecule has 15 heavy (non-hydrogen) atoms. The minimum absolute atomic E-state index is 0.0341. The molecule has 1 aliphatic carbocycles. The van der Waals surface area contributed by atoms with Crippen molar-refractivity contribution in [2.45, 2.75) is 25.4 Å². The van der Waals surface area contributed by atoms with E-state index in [1.165, 1.54) is 12.1 Å². The van der Waals surface area contributed by atoms with E-state index in [-0.39, 0.29) is 17.6 Å². The molecule has 1 N–H and O–H groups in total. The monoisotopic (exact) mass is 204 g/mol. The number of phenols is 1. The van der Waals surface area contributed by atoms with Crippen molar-refractivity contribution < 1.29 is 14.6 Å². The van der Waals surface area contributed by atoms with Crippen LogP contribution >= 0.6 is 0 Å². The maximum absolute atomic E-state index is 11.8. The normalized spacial score (nSPS) is 24.5. The van der Waals surface area contributed by atoms with Gasteiger partial charge >= 0.3 is 0 Å². The zero-order chi connectivity index (χ0) is 10.4. The number of fused-ring (bicyclic) bond motifs is 1. The first-order chi connectivity index (χ1) is 7.24. The van der Waals surface area contributed by atoms with Crippen molar-refractivity contribution in [3.05, 3.63) is 23.8 Å². The third-order valence-corrected chi connectivity index (χ3v) is 3.08. The summed E-state index contributed by atoms with van der Waals surface area (Å²) in [5.41, 5.74) is 0.602. The molecule has 0 amide bonds. The Bertz CT molecular complexity index is 421. The minimum atomic E-state index is 0.0341. The van der Waals surface area contributed by atoms with Gasteiger partial charge in [0.15, 0.2) is 5.78 Å². The fraction of sp³-hybridized carbons (Fsp3) is 0.417. The molecule has 0 radical (unpaired) electrons. The SMILES string of the molecule is O=C1CC(C2CC2)Oc2cc(O)ccc21. The quantitative estimate of drug-likeness (QED) is 0.762. The van der Waals surface area contributed by atoms with E-state index in [9.17, 15) is 9.90 Å². The van der Waals surface area contributed by atoms with Gasteiger partial charge in [-0.2, -0.15) is 0 Å². The first-order valence-corrected chi connectivity index (χ1v) is 5.27. The maximum atomic E-state index is 11.8. The van der Waals surface area contributed by atoms with Gasteiger partial charge in [0.2, 0.25) is 0 Å². The predicted octanol–water partition coefficient (Wildman–Crippen LogP) is 2.14. The highest BCUT2D eigenvalue weighted by molar-refractivity contribution is 6.00. The van der Waals surface area contributed by atoms with Gasteiger partial charge in [-0.1, -0.05) is 0 Å². The van der Waals surface area contributed by atoms with Crippen LogP contribution in [0.2, 0.25) is 0 Å². The number of carbonyl (C=O) groups excluding carboxylic acids is 1. The Labute approximate surface area is 87.7 Å². The van der Waals surface area contributed by atoms with E-state index < -0.39 is 0 Å². The number of ketones is 1. The predicted molar refractivity (Wildman–Crippen MR) is 54.2 cm³/mol. The largest absolute Gasteiger partial charge is 0.508 e. The summed E-state index contributed by atoms with van der Waals surface area (Å²) < 4.78 is 5.73. The topological polar surface area (TPSA) is 46.5 Å². The zero-order valence-electron chi connectivity index (χ0n) is 8.27. The van der Waals surface area contributed by atoms with Crippen molar-refractivity contribution in [2.24, 2.45) is 5.92 Å². The standard InChI is InChI=1S/C12H12O3/c13-8-3-4-9-10(14)6-11(7-1-2-7)15-12(9)5-8/h3-5,7,11,13H,1-2,6H2. The molecule has 1 aliphatic heterocycles. The number of ether oxygens (including phenoxy) is 1. The van der Waals surface area contributed by atoms with Crippen LogP contribution < -0.4 is 4.74 Å². The van der Waals surface area contributed by atoms with Crippen LogP contribution in [0.3, 0.4) is 0 Å². The second kappa shape index (κ2) is 2.99. The smallest absolute Gasteiger partial charge is 0.170 e. The lowest BCUT2D eigenvalue weighted by Crippen LogP contribution is -2.28. The molecule has 0 saturated heterocycles. The minimum Gasteiger partial charge on any atom is -0.508 e. The Balaban J connectivity index is 1.97. The Hall–Kier alpha value is -1.51. The summed E-state index contributed by atoms with van der Waals surface area (Å²) in [6.45, 7) is 0. The van der Waals surface area contributed by atoms with Gasteiger partial charge < -0.3 is 9.84 Å². The van der Waals surface area contributed by atoms with E-state index in [0.29, 0.717) is 23.7 Å². The van der Waals surface area contributed by atoms with Gasteiger partial charge in [0.25, 0.3) is 0 Å². The molecule has 78 valence electrons. The fourth-order valence-corrected chi connectivity index (χ4v) is 2.07. The van der Waals surface area contributed by atoms with E-state index in [1.54, 1.807) is 6.07 Å². The van der Waals surface area contributed by atoms with Gasteiger partial charge in [-0.15, -0.1) is 0 Å². The second-order valence-corrected chi connectivity index (χ2v) is 4.30. The van der Waals surface area contributed by atoms with Crippen LogP contribution in [0.5, 0.6) is 11.5 Å². The Morgan fingerprint density at radius 1 is 1.33 bits per heavy atom. The van der Waals surface area contributed by atoms with Crippen LogP contribution in [-0.4, -0.2) is 17.0 Å². The van der Waals surface area contributed by atoms with Crippen LogP contribution in [0.4, 0.5) is 0 Å². The van der Waals surface area contributed by atoms with Crippen molar-refractivity contribution in [3.8, 4) is 11.5 Å². The average Bonchev–Trinajstić information content (AvgIpc) is 2.99. The molecule has 0 spiro atoms. The highest BCUT2D eigenvalue weighted by Gasteiger charge is 2.38. The summed E-state index contributed by atoms with van der Waals surface area (Å²) in [5, 5.41) is 9.32. The molecular formula is C12H12O3. The molecule has 1 saturated carbocycles. The number of phenolic OH excluding ortho intramolecular Hbond substituents is 1. The van der Waals surface area contributed by atoms with Gasteiger partial charge in [-0.05, 0) is 30.9 Å². The van der Waals surface area contributed by atoms with E-state index in [1.807, 2.05) is 0 Å². The molecule has 1 fully saturated rings. The summed E-state index contributed by atoms with van der Waals surface area (Å²) >= 11 is 0. The second-order valence-electron chi connectivity index (χ2n) is 4.30. The summed E-state index contributed by atoms with van der Waals surface area (Å²) in [4.78, 5) is 11.8. The van der Waals surface area contributed by atoms with Gasteiger partial charge in [0.1, 0.15) is 17.6 Å². The molecule has 0 aromatic heterocycles. The third-order valence-electron chi connectivity index (χ3n) is 3.08. The lowest BCUT2D eigenvalue weighted by atomic mass is 9.98. The number of benzene rings is 1. The number of rotatable bonds is 1. The van der Waals surface area contributed by atoms with Crippen molar-refractivity contribution in [3.63, 3.8) is 0 Å². The van der Waals surface area contributed by atoms with Gasteiger partial charge in [0, 0.05) is 12.5 Å². The van der Waals surface area contributed by atoms with E-state index in [4.69, 9.17) is 4.74 Å². The van der Waals surface area contributed by atoms with Crippen LogP contribution in [0.15, 0.2) is 18.2 Å². The number of Topliss-reactive ketones (excluding diaryl/α,β-unsaturated/α-hetero) is 1. The average molecular weight is 204 g/mol. The summed E-state index contributed by atoms with van der Waals surface area (Å²) in [6.07, 6.45) is 2.84. The van der Waals surface area contributed by atoms with E-state index in [2.05, 4.69) is 0 Å². The van der Waals surface area contributed by atoms with Crippen LogP contribution in [0, 0.1) is 5.92 Å². The summed E-state index contributed by atoms with van der Waals surface area (Å²) in [7, 11) is 0. The maximum Gasteiger partial charge on any atom is 0.170 e. The molecule has 1 heterocycles. The molecule has 3 heteroatoms. The number of carbonyl (C=O) groups is 1. The number of aromatic hydroxyl groups is 1. The molecule has 3 rings (SSSR count). The van der Waals surface area contributed by atoms with Crippen LogP contribution in [0.1, 0.15) is 29.6 Å². The number of hydrogen-bond acceptors (Lipinski definition) is 3. The third kappa shape index (κ3) is 1.48. The van der Waals surface area contributed by atoms with Crippen LogP contribution in [-0.2, 0) is 0 Å². The molecule has 3 nitrogen and oxygen atoms in total. The highest BCUT2D eigenvalue weighted by atomic mass is 16.5. The fourth-order valence-electron chi connectivity index (χ4n) is 2.07. The summed E-state index contributed by atoms with van der Waals surface area (Å²) in [6, 6.07) is 4.69. The first kappa shape index (κ1) is 8.77. The summed E-state index contributed by atoms with van der Waals surface area (Å²) in [5.74, 6) is 1.37. The van der Waals surface area contributed by atoms with E-state index >= 15 is 0 Å². The van der Waals surface area contributed by atoms with Gasteiger partial charge in [-0.3, -0.25) is 4.79 Å². The lowest BCUT2D eigenvalue weighted by Gasteiger charge is -2.25.